The average Bonchev–Trinajstić information content (AvgIpc) is 2.49. The summed E-state index contributed by atoms with van der Waals surface area (Å²) in [6.45, 7) is 1.54. The summed E-state index contributed by atoms with van der Waals surface area (Å²) in [4.78, 5) is 29.7. The highest BCUT2D eigenvalue weighted by Gasteiger charge is 2.33. The highest BCUT2D eigenvalue weighted by molar-refractivity contribution is 5.84. The molecule has 1 saturated heterocycles. The first kappa shape index (κ1) is 16.4. The van der Waals surface area contributed by atoms with Crippen molar-refractivity contribution in [2.45, 2.75) is 12.5 Å². The number of benzene rings is 1. The minimum Gasteiger partial charge on any atom is -0.347 e. The molecule has 0 unspecified atom stereocenters. The van der Waals surface area contributed by atoms with E-state index in [9.17, 15) is 14.0 Å². The number of likely N-dealkylation sites (N-methyl/N-ethyl adjacent to an activating group) is 2. The summed E-state index contributed by atoms with van der Waals surface area (Å²) in [7, 11) is 5.29. The van der Waals surface area contributed by atoms with E-state index >= 15 is 0 Å². The van der Waals surface area contributed by atoms with Gasteiger partial charge in [0, 0.05) is 33.7 Å². The Kier molecular flexibility index (Phi) is 5.13. The van der Waals surface area contributed by atoms with Crippen molar-refractivity contribution < 1.29 is 14.0 Å². The Hall–Kier alpha value is -1.95. The van der Waals surface area contributed by atoms with Gasteiger partial charge in [-0.15, -0.1) is 0 Å². The van der Waals surface area contributed by atoms with E-state index in [0.717, 1.165) is 0 Å². The Morgan fingerprint density at radius 2 is 1.95 bits per heavy atom. The van der Waals surface area contributed by atoms with Crippen LogP contribution in [0.4, 0.5) is 4.39 Å². The Bertz CT molecular complexity index is 562. The predicted molar refractivity (Wildman–Crippen MR) is 81.8 cm³/mol. The molecule has 0 saturated carbocycles. The van der Waals surface area contributed by atoms with E-state index < -0.39 is 0 Å². The van der Waals surface area contributed by atoms with Crippen molar-refractivity contribution >= 4 is 11.8 Å². The summed E-state index contributed by atoms with van der Waals surface area (Å²) < 4.78 is 13.7. The molecule has 0 bridgehead atoms. The van der Waals surface area contributed by atoms with Crippen molar-refractivity contribution in [2.75, 3.05) is 40.8 Å². The molecule has 1 fully saturated rings. The van der Waals surface area contributed by atoms with Crippen molar-refractivity contribution in [3.63, 3.8) is 0 Å². The number of hydrogen-bond acceptors (Lipinski definition) is 3. The van der Waals surface area contributed by atoms with Crippen LogP contribution in [0.25, 0.3) is 0 Å². The van der Waals surface area contributed by atoms with Crippen molar-refractivity contribution in [3.05, 3.63) is 35.6 Å². The molecule has 120 valence electrons. The average molecular weight is 307 g/mol. The zero-order chi connectivity index (χ0) is 16.3. The van der Waals surface area contributed by atoms with Gasteiger partial charge in [-0.3, -0.25) is 14.5 Å². The lowest BCUT2D eigenvalue weighted by molar-refractivity contribution is -0.141. The van der Waals surface area contributed by atoms with Gasteiger partial charge in [0.25, 0.3) is 0 Å². The number of piperazine rings is 1. The Labute approximate surface area is 130 Å². The van der Waals surface area contributed by atoms with E-state index in [1.54, 1.807) is 37.2 Å². The summed E-state index contributed by atoms with van der Waals surface area (Å²) in [5, 5.41) is 0. The standard InChI is InChI=1S/C16H22FN3O2/c1-18(2)16(22)14-11-20(9-8-19(14)3)15(21)10-12-6-4-5-7-13(12)17/h4-7,14H,8-11H2,1-3H3/t14-/m1/s1. The van der Waals surface area contributed by atoms with Gasteiger partial charge in [0.15, 0.2) is 0 Å². The second kappa shape index (κ2) is 6.87. The van der Waals surface area contributed by atoms with E-state index in [0.29, 0.717) is 25.2 Å². The number of carbonyl (C=O) groups is 2. The highest BCUT2D eigenvalue weighted by Crippen LogP contribution is 2.13. The summed E-state index contributed by atoms with van der Waals surface area (Å²) in [5.41, 5.74) is 0.391. The molecule has 1 aliphatic heterocycles. The lowest BCUT2D eigenvalue weighted by atomic mass is 10.1. The van der Waals surface area contributed by atoms with E-state index in [4.69, 9.17) is 0 Å². The van der Waals surface area contributed by atoms with Crippen LogP contribution in [0.2, 0.25) is 0 Å². The largest absolute Gasteiger partial charge is 0.347 e. The monoisotopic (exact) mass is 307 g/mol. The van der Waals surface area contributed by atoms with Gasteiger partial charge in [0.2, 0.25) is 11.8 Å². The van der Waals surface area contributed by atoms with Gasteiger partial charge in [-0.1, -0.05) is 18.2 Å². The zero-order valence-electron chi connectivity index (χ0n) is 13.3. The first-order chi connectivity index (χ1) is 10.4. The van der Waals surface area contributed by atoms with Crippen LogP contribution in [0.3, 0.4) is 0 Å². The quantitative estimate of drug-likeness (QED) is 0.821. The zero-order valence-corrected chi connectivity index (χ0v) is 13.3. The molecule has 1 aromatic rings. The van der Waals surface area contributed by atoms with Gasteiger partial charge in [-0.05, 0) is 18.7 Å². The van der Waals surface area contributed by atoms with Crippen LogP contribution < -0.4 is 0 Å². The summed E-state index contributed by atoms with van der Waals surface area (Å²) in [6, 6.07) is 5.95. The van der Waals surface area contributed by atoms with Crippen LogP contribution in [-0.2, 0) is 16.0 Å². The molecule has 0 spiro atoms. The van der Waals surface area contributed by atoms with Crippen molar-refractivity contribution in [2.24, 2.45) is 0 Å². The lowest BCUT2D eigenvalue weighted by Gasteiger charge is -2.39. The Balaban J connectivity index is 2.04. The van der Waals surface area contributed by atoms with Gasteiger partial charge in [-0.25, -0.2) is 4.39 Å². The molecule has 1 atom stereocenters. The molecule has 0 aliphatic carbocycles. The third-order valence-electron chi connectivity index (χ3n) is 4.03. The molecule has 1 heterocycles. The van der Waals surface area contributed by atoms with E-state index in [1.807, 2.05) is 11.9 Å². The fourth-order valence-electron chi connectivity index (χ4n) is 2.58. The molecular formula is C16H22FN3O2. The fourth-order valence-corrected chi connectivity index (χ4v) is 2.58. The van der Waals surface area contributed by atoms with Crippen LogP contribution in [-0.4, -0.2) is 73.3 Å². The molecule has 2 rings (SSSR count). The van der Waals surface area contributed by atoms with E-state index in [2.05, 4.69) is 0 Å². The predicted octanol–water partition coefficient (Wildman–Crippen LogP) is 0.599. The number of carbonyl (C=O) groups excluding carboxylic acids is 2. The van der Waals surface area contributed by atoms with Crippen molar-refractivity contribution in [1.82, 2.24) is 14.7 Å². The molecular weight excluding hydrogens is 285 g/mol. The van der Waals surface area contributed by atoms with E-state index in [-0.39, 0.29) is 30.1 Å². The van der Waals surface area contributed by atoms with Gasteiger partial charge in [0.1, 0.15) is 11.9 Å². The summed E-state index contributed by atoms with van der Waals surface area (Å²) in [6.07, 6.45) is 0.0270. The number of amides is 2. The third kappa shape index (κ3) is 3.62. The maximum Gasteiger partial charge on any atom is 0.241 e. The number of halogens is 1. The number of hydrogen-bond donors (Lipinski definition) is 0. The Morgan fingerprint density at radius 1 is 1.27 bits per heavy atom. The second-order valence-electron chi connectivity index (χ2n) is 5.84. The fraction of sp³-hybridized carbons (Fsp3) is 0.500. The van der Waals surface area contributed by atoms with Gasteiger partial charge in [0.05, 0.1) is 6.42 Å². The molecule has 22 heavy (non-hydrogen) atoms. The molecule has 1 aromatic carbocycles. The maximum absolute atomic E-state index is 13.7. The number of rotatable bonds is 3. The van der Waals surface area contributed by atoms with Crippen LogP contribution in [0.5, 0.6) is 0 Å². The molecule has 6 heteroatoms. The molecule has 0 radical (unpaired) electrons. The topological polar surface area (TPSA) is 43.9 Å². The van der Waals surface area contributed by atoms with Gasteiger partial charge in [-0.2, -0.15) is 0 Å². The highest BCUT2D eigenvalue weighted by atomic mass is 19.1. The third-order valence-corrected chi connectivity index (χ3v) is 4.03. The number of nitrogens with zero attached hydrogens (tertiary/aromatic N) is 3. The maximum atomic E-state index is 13.7. The second-order valence-corrected chi connectivity index (χ2v) is 5.84. The Morgan fingerprint density at radius 3 is 2.59 bits per heavy atom. The van der Waals surface area contributed by atoms with Crippen LogP contribution in [0, 0.1) is 5.82 Å². The van der Waals surface area contributed by atoms with Crippen molar-refractivity contribution in [1.29, 1.82) is 0 Å². The smallest absolute Gasteiger partial charge is 0.241 e. The van der Waals surface area contributed by atoms with Crippen LogP contribution in [0.1, 0.15) is 5.56 Å². The summed E-state index contributed by atoms with van der Waals surface area (Å²) >= 11 is 0. The normalized spacial score (nSPS) is 19.1. The van der Waals surface area contributed by atoms with E-state index in [1.165, 1.54) is 11.0 Å². The minimum absolute atomic E-state index is 0.0223. The molecule has 2 amide bonds. The van der Waals surface area contributed by atoms with Crippen molar-refractivity contribution in [3.8, 4) is 0 Å². The van der Waals surface area contributed by atoms with Gasteiger partial charge < -0.3 is 9.80 Å². The SMILES string of the molecule is CN(C)C(=O)[C@H]1CN(C(=O)Cc2ccccc2F)CCN1C. The molecule has 5 nitrogen and oxygen atoms in total. The molecule has 0 aromatic heterocycles. The van der Waals surface area contributed by atoms with Gasteiger partial charge >= 0.3 is 0 Å². The first-order valence-corrected chi connectivity index (χ1v) is 7.32. The van der Waals surface area contributed by atoms with Crippen LogP contribution >= 0.6 is 0 Å². The molecule has 0 N–H and O–H groups in total. The molecule has 1 aliphatic rings. The first-order valence-electron chi connectivity index (χ1n) is 7.32. The lowest BCUT2D eigenvalue weighted by Crippen LogP contribution is -2.58. The summed E-state index contributed by atoms with van der Waals surface area (Å²) in [5.74, 6) is -0.536. The van der Waals surface area contributed by atoms with Crippen LogP contribution in [0.15, 0.2) is 24.3 Å². The minimum atomic E-state index is -0.370.